The molecule has 0 radical (unpaired) electrons. The molecule has 4 nitrogen and oxygen atoms in total. The van der Waals surface area contributed by atoms with E-state index in [1.54, 1.807) is 11.3 Å². The predicted molar refractivity (Wildman–Crippen MR) is 190 cm³/mol. The van der Waals surface area contributed by atoms with Crippen LogP contribution in [0, 0.1) is 6.57 Å². The standard InChI is InChI=1S/C41H23N3OS/c1-42-29-17-10-16-27(22-29)37-40-38(30-18-8-9-21-35(30)46-40)44-41(43-37)31-19-11-20-34-36(31)33-24-28(25-12-4-2-5-13-25)23-32(39(33)45-34)26-14-6-3-7-15-26/h2-24H. The highest BCUT2D eigenvalue weighted by molar-refractivity contribution is 7.26. The third-order valence-corrected chi connectivity index (χ3v) is 9.66. The zero-order chi connectivity index (χ0) is 30.6. The van der Waals surface area contributed by atoms with Gasteiger partial charge in [-0.25, -0.2) is 14.8 Å². The van der Waals surface area contributed by atoms with E-state index in [4.69, 9.17) is 21.0 Å². The first-order chi connectivity index (χ1) is 22.7. The second-order valence-corrected chi connectivity index (χ2v) is 12.3. The molecule has 0 bridgehead atoms. The summed E-state index contributed by atoms with van der Waals surface area (Å²) in [4.78, 5) is 14.2. The van der Waals surface area contributed by atoms with Crippen molar-refractivity contribution < 1.29 is 4.42 Å². The quantitative estimate of drug-likeness (QED) is 0.187. The lowest BCUT2D eigenvalue weighted by atomic mass is 9.95. The summed E-state index contributed by atoms with van der Waals surface area (Å²) in [5.41, 5.74) is 10.1. The molecule has 3 heterocycles. The van der Waals surface area contributed by atoms with Gasteiger partial charge in [-0.05, 0) is 52.6 Å². The van der Waals surface area contributed by atoms with Crippen LogP contribution < -0.4 is 0 Å². The van der Waals surface area contributed by atoms with Gasteiger partial charge in [0.2, 0.25) is 0 Å². The molecule has 5 heteroatoms. The molecule has 0 aliphatic rings. The van der Waals surface area contributed by atoms with E-state index in [0.29, 0.717) is 11.5 Å². The second kappa shape index (κ2) is 10.5. The highest BCUT2D eigenvalue weighted by Crippen LogP contribution is 2.44. The van der Waals surface area contributed by atoms with Gasteiger partial charge in [-0.3, -0.25) is 0 Å². The lowest BCUT2D eigenvalue weighted by molar-refractivity contribution is 0.670. The maximum Gasteiger partial charge on any atom is 0.187 e. The van der Waals surface area contributed by atoms with E-state index in [0.717, 1.165) is 81.3 Å². The largest absolute Gasteiger partial charge is 0.455 e. The molecule has 9 rings (SSSR count). The summed E-state index contributed by atoms with van der Waals surface area (Å²) in [5.74, 6) is 0.624. The Morgan fingerprint density at radius 3 is 2.15 bits per heavy atom. The molecule has 0 amide bonds. The maximum atomic E-state index is 7.62. The molecule has 6 aromatic carbocycles. The van der Waals surface area contributed by atoms with Gasteiger partial charge in [0, 0.05) is 32.0 Å². The van der Waals surface area contributed by atoms with Crippen molar-refractivity contribution in [1.82, 2.24) is 9.97 Å². The molecular formula is C41H23N3OS. The van der Waals surface area contributed by atoms with Crippen molar-refractivity contribution in [1.29, 1.82) is 0 Å². The number of thiophene rings is 1. The van der Waals surface area contributed by atoms with Crippen LogP contribution in [0.25, 0.3) is 92.0 Å². The molecule has 214 valence electrons. The van der Waals surface area contributed by atoms with Gasteiger partial charge in [-0.1, -0.05) is 109 Å². The number of fused-ring (bicyclic) bond motifs is 6. The van der Waals surface area contributed by atoms with Crippen LogP contribution in [-0.4, -0.2) is 9.97 Å². The molecule has 0 aliphatic carbocycles. The highest BCUT2D eigenvalue weighted by atomic mass is 32.1. The monoisotopic (exact) mass is 605 g/mol. The van der Waals surface area contributed by atoms with E-state index >= 15 is 0 Å². The first-order valence-corrected chi connectivity index (χ1v) is 15.8. The van der Waals surface area contributed by atoms with Gasteiger partial charge in [0.15, 0.2) is 11.5 Å². The van der Waals surface area contributed by atoms with Crippen molar-refractivity contribution in [2.45, 2.75) is 0 Å². The van der Waals surface area contributed by atoms with E-state index in [9.17, 15) is 0 Å². The van der Waals surface area contributed by atoms with Crippen LogP contribution in [0.1, 0.15) is 0 Å². The van der Waals surface area contributed by atoms with Crippen LogP contribution in [0.4, 0.5) is 5.69 Å². The van der Waals surface area contributed by atoms with Crippen molar-refractivity contribution in [3.8, 4) is 44.9 Å². The van der Waals surface area contributed by atoms with Crippen LogP contribution in [0.2, 0.25) is 0 Å². The summed E-state index contributed by atoms with van der Waals surface area (Å²) >= 11 is 1.69. The normalized spacial score (nSPS) is 11.5. The number of nitrogens with zero attached hydrogens (tertiary/aromatic N) is 3. The summed E-state index contributed by atoms with van der Waals surface area (Å²) in [6.07, 6.45) is 0. The molecule has 9 aromatic rings. The van der Waals surface area contributed by atoms with Gasteiger partial charge >= 0.3 is 0 Å². The van der Waals surface area contributed by atoms with E-state index in [1.165, 1.54) is 0 Å². The van der Waals surface area contributed by atoms with Crippen molar-refractivity contribution >= 4 is 59.3 Å². The molecule has 0 fully saturated rings. The fourth-order valence-corrected chi connectivity index (χ4v) is 7.53. The molecule has 0 unspecified atom stereocenters. The SMILES string of the molecule is [C-]#[N+]c1cccc(-c2nc(-c3cccc4oc5c(-c6ccccc6)cc(-c6ccccc6)cc5c34)nc3c2sc2ccccc23)c1. The van der Waals surface area contributed by atoms with Gasteiger partial charge in [0.1, 0.15) is 11.2 Å². The average Bonchev–Trinajstić information content (AvgIpc) is 3.70. The first-order valence-electron chi connectivity index (χ1n) is 15.0. The Bertz CT molecular complexity index is 2650. The lowest BCUT2D eigenvalue weighted by Gasteiger charge is -2.10. The summed E-state index contributed by atoms with van der Waals surface area (Å²) in [6, 6.07) is 47.5. The van der Waals surface area contributed by atoms with Crippen LogP contribution >= 0.6 is 11.3 Å². The summed E-state index contributed by atoms with van der Waals surface area (Å²) in [5, 5.41) is 3.09. The van der Waals surface area contributed by atoms with Crippen molar-refractivity contribution in [2.24, 2.45) is 0 Å². The molecule has 0 saturated heterocycles. The number of hydrogen-bond donors (Lipinski definition) is 0. The minimum Gasteiger partial charge on any atom is -0.455 e. The minimum atomic E-state index is 0.580. The Labute approximate surface area is 268 Å². The molecule has 0 saturated carbocycles. The minimum absolute atomic E-state index is 0.580. The smallest absolute Gasteiger partial charge is 0.187 e. The lowest BCUT2D eigenvalue weighted by Crippen LogP contribution is -1.94. The van der Waals surface area contributed by atoms with E-state index < -0.39 is 0 Å². The van der Waals surface area contributed by atoms with Crippen LogP contribution in [0.15, 0.2) is 144 Å². The van der Waals surface area contributed by atoms with Crippen LogP contribution in [-0.2, 0) is 0 Å². The Kier molecular flexibility index (Phi) is 6.02. The molecule has 0 atom stereocenters. The Balaban J connectivity index is 1.38. The van der Waals surface area contributed by atoms with Crippen LogP contribution in [0.5, 0.6) is 0 Å². The van der Waals surface area contributed by atoms with Crippen molar-refractivity contribution in [3.05, 3.63) is 151 Å². The number of rotatable bonds is 4. The Morgan fingerprint density at radius 1 is 0.587 bits per heavy atom. The fraction of sp³-hybridized carbons (Fsp3) is 0. The summed E-state index contributed by atoms with van der Waals surface area (Å²) < 4.78 is 8.85. The van der Waals surface area contributed by atoms with Gasteiger partial charge in [-0.2, -0.15) is 0 Å². The predicted octanol–water partition coefficient (Wildman–Crippen LogP) is 12.0. The van der Waals surface area contributed by atoms with Gasteiger partial charge in [-0.15, -0.1) is 11.3 Å². The van der Waals surface area contributed by atoms with E-state index in [-0.39, 0.29) is 0 Å². The van der Waals surface area contributed by atoms with E-state index in [1.807, 2.05) is 48.5 Å². The molecular weight excluding hydrogens is 583 g/mol. The van der Waals surface area contributed by atoms with Gasteiger partial charge < -0.3 is 4.42 Å². The summed E-state index contributed by atoms with van der Waals surface area (Å²) in [7, 11) is 0. The molecule has 0 aliphatic heterocycles. The zero-order valence-corrected chi connectivity index (χ0v) is 25.3. The topological polar surface area (TPSA) is 43.3 Å². The Morgan fingerprint density at radius 2 is 1.33 bits per heavy atom. The number of aromatic nitrogens is 2. The summed E-state index contributed by atoms with van der Waals surface area (Å²) in [6.45, 7) is 7.62. The third kappa shape index (κ3) is 4.20. The number of benzene rings is 6. The molecule has 3 aromatic heterocycles. The van der Waals surface area contributed by atoms with Gasteiger partial charge in [0.05, 0.1) is 22.5 Å². The number of furan rings is 1. The van der Waals surface area contributed by atoms with E-state index in [2.05, 4.69) is 95.8 Å². The number of hydrogen-bond acceptors (Lipinski definition) is 4. The highest BCUT2D eigenvalue weighted by Gasteiger charge is 2.22. The van der Waals surface area contributed by atoms with Crippen LogP contribution in [0.3, 0.4) is 0 Å². The zero-order valence-electron chi connectivity index (χ0n) is 24.4. The first kappa shape index (κ1) is 26.3. The van der Waals surface area contributed by atoms with Crippen molar-refractivity contribution in [3.63, 3.8) is 0 Å². The maximum absolute atomic E-state index is 7.62. The second-order valence-electron chi connectivity index (χ2n) is 11.2. The van der Waals surface area contributed by atoms with Gasteiger partial charge in [0.25, 0.3) is 0 Å². The van der Waals surface area contributed by atoms with Crippen molar-refractivity contribution in [2.75, 3.05) is 0 Å². The molecule has 0 N–H and O–H groups in total. The third-order valence-electron chi connectivity index (χ3n) is 8.50. The fourth-order valence-electron chi connectivity index (χ4n) is 6.37. The Hall–Kier alpha value is -6.09. The average molecular weight is 606 g/mol. The molecule has 0 spiro atoms. The molecule has 46 heavy (non-hydrogen) atoms.